The fraction of sp³-hybridized carbons (Fsp3) is 0.750. The van der Waals surface area contributed by atoms with E-state index in [0.29, 0.717) is 13.0 Å². The molecule has 3 nitrogen and oxygen atoms in total. The number of rotatable bonds is 5. The zero-order chi connectivity index (χ0) is 12.2. The van der Waals surface area contributed by atoms with E-state index in [9.17, 15) is 5.11 Å². The van der Waals surface area contributed by atoms with Gasteiger partial charge in [0, 0.05) is 24.6 Å². The Morgan fingerprint density at radius 1 is 1.50 bits per heavy atom. The Morgan fingerprint density at radius 2 is 2.19 bits per heavy atom. The number of hydrogen-bond acceptors (Lipinski definition) is 4. The number of hydrogen-bond donors (Lipinski definition) is 1. The summed E-state index contributed by atoms with van der Waals surface area (Å²) in [5.74, 6) is 0. The lowest BCUT2D eigenvalue weighted by atomic mass is 9.84. The van der Waals surface area contributed by atoms with Crippen molar-refractivity contribution < 1.29 is 9.84 Å². The summed E-state index contributed by atoms with van der Waals surface area (Å²) in [5.41, 5.74) is -0.0628. The first-order chi connectivity index (χ1) is 7.45. The highest BCUT2D eigenvalue weighted by Crippen LogP contribution is 2.26. The lowest BCUT2D eigenvalue weighted by Crippen LogP contribution is -2.41. The van der Waals surface area contributed by atoms with E-state index in [1.807, 2.05) is 12.3 Å². The zero-order valence-electron chi connectivity index (χ0n) is 10.4. The molecule has 1 aromatic heterocycles. The van der Waals surface area contributed by atoms with Crippen molar-refractivity contribution in [3.63, 3.8) is 0 Å². The summed E-state index contributed by atoms with van der Waals surface area (Å²) in [6.07, 6.45) is 1.69. The summed E-state index contributed by atoms with van der Waals surface area (Å²) >= 11 is 1.57. The van der Waals surface area contributed by atoms with Gasteiger partial charge in [-0.2, -0.15) is 0 Å². The van der Waals surface area contributed by atoms with Gasteiger partial charge in [-0.3, -0.25) is 0 Å². The Balaban J connectivity index is 2.64. The first kappa shape index (κ1) is 13.6. The van der Waals surface area contributed by atoms with Gasteiger partial charge in [0.25, 0.3) is 0 Å². The average Bonchev–Trinajstić information content (AvgIpc) is 2.64. The molecule has 1 rings (SSSR count). The molecular weight excluding hydrogens is 222 g/mol. The minimum Gasteiger partial charge on any atom is -0.390 e. The lowest BCUT2D eigenvalue weighted by Gasteiger charge is -2.33. The molecule has 0 amide bonds. The Hall–Kier alpha value is -0.450. The second kappa shape index (κ2) is 5.75. The number of aromatic nitrogens is 1. The van der Waals surface area contributed by atoms with Crippen molar-refractivity contribution in [2.75, 3.05) is 6.61 Å². The van der Waals surface area contributed by atoms with Gasteiger partial charge >= 0.3 is 0 Å². The number of aliphatic hydroxyl groups is 1. The highest BCUT2D eigenvalue weighted by molar-refractivity contribution is 7.09. The molecule has 1 aromatic rings. The van der Waals surface area contributed by atoms with Gasteiger partial charge < -0.3 is 9.84 Å². The predicted molar refractivity (Wildman–Crippen MR) is 66.7 cm³/mol. The van der Waals surface area contributed by atoms with Crippen LogP contribution in [0, 0.1) is 5.41 Å². The largest absolute Gasteiger partial charge is 0.390 e. The van der Waals surface area contributed by atoms with Gasteiger partial charge in [0.15, 0.2) is 0 Å². The molecule has 0 aliphatic heterocycles. The van der Waals surface area contributed by atoms with Crippen LogP contribution in [0.25, 0.3) is 0 Å². The molecule has 1 heterocycles. The standard InChI is InChI=1S/C12H21NO2S/c1-5-15-11(12(2,3)4)9(14)8-10-13-6-7-16-10/h6-7,9,11,14H,5,8H2,1-4H3. The van der Waals surface area contributed by atoms with Gasteiger partial charge in [-0.1, -0.05) is 20.8 Å². The summed E-state index contributed by atoms with van der Waals surface area (Å²) in [6.45, 7) is 8.82. The smallest absolute Gasteiger partial charge is 0.0951 e. The van der Waals surface area contributed by atoms with Crippen molar-refractivity contribution in [3.05, 3.63) is 16.6 Å². The molecule has 92 valence electrons. The van der Waals surface area contributed by atoms with Crippen LogP contribution in [0.1, 0.15) is 32.7 Å². The molecule has 4 heteroatoms. The van der Waals surface area contributed by atoms with Crippen LogP contribution in [0.5, 0.6) is 0 Å². The minimum atomic E-state index is -0.494. The Bertz CT molecular complexity index is 292. The highest BCUT2D eigenvalue weighted by Gasteiger charge is 2.32. The lowest BCUT2D eigenvalue weighted by molar-refractivity contribution is -0.0873. The molecule has 0 fully saturated rings. The van der Waals surface area contributed by atoms with Crippen LogP contribution in [0.4, 0.5) is 0 Å². The molecule has 2 atom stereocenters. The summed E-state index contributed by atoms with van der Waals surface area (Å²) in [4.78, 5) is 4.18. The van der Waals surface area contributed by atoms with Gasteiger partial charge in [0.2, 0.25) is 0 Å². The van der Waals surface area contributed by atoms with Gasteiger partial charge in [-0.15, -0.1) is 11.3 Å². The third-order valence-corrected chi connectivity index (χ3v) is 3.22. The molecule has 0 saturated carbocycles. The predicted octanol–water partition coefficient (Wildman–Crippen LogP) is 2.50. The summed E-state index contributed by atoms with van der Waals surface area (Å²) < 4.78 is 5.64. The number of ether oxygens (including phenoxy) is 1. The van der Waals surface area contributed by atoms with E-state index in [-0.39, 0.29) is 11.5 Å². The van der Waals surface area contributed by atoms with Gasteiger partial charge in [-0.25, -0.2) is 4.98 Å². The van der Waals surface area contributed by atoms with Gasteiger partial charge in [0.05, 0.1) is 17.2 Å². The molecule has 2 unspecified atom stereocenters. The number of thiazole rings is 1. The molecule has 0 aromatic carbocycles. The van der Waals surface area contributed by atoms with Crippen molar-refractivity contribution in [3.8, 4) is 0 Å². The maximum atomic E-state index is 10.2. The second-order valence-corrected chi connectivity index (χ2v) is 5.92. The molecule has 0 aliphatic rings. The molecular formula is C12H21NO2S. The summed E-state index contributed by atoms with van der Waals surface area (Å²) in [5, 5.41) is 13.1. The summed E-state index contributed by atoms with van der Waals surface area (Å²) in [6, 6.07) is 0. The van der Waals surface area contributed by atoms with Crippen LogP contribution in [-0.4, -0.2) is 28.9 Å². The first-order valence-corrected chi connectivity index (χ1v) is 6.51. The van der Waals surface area contributed by atoms with Crippen molar-refractivity contribution in [2.45, 2.75) is 46.3 Å². The van der Waals surface area contributed by atoms with Gasteiger partial charge in [-0.05, 0) is 12.3 Å². The fourth-order valence-corrected chi connectivity index (χ4v) is 2.43. The van der Waals surface area contributed by atoms with Crippen LogP contribution in [0.3, 0.4) is 0 Å². The third-order valence-electron chi connectivity index (χ3n) is 2.42. The van der Waals surface area contributed by atoms with Crippen LogP contribution >= 0.6 is 11.3 Å². The van der Waals surface area contributed by atoms with Crippen molar-refractivity contribution in [1.82, 2.24) is 4.98 Å². The van der Waals surface area contributed by atoms with Crippen LogP contribution in [0.15, 0.2) is 11.6 Å². The number of nitrogens with zero attached hydrogens (tertiary/aromatic N) is 1. The van der Waals surface area contributed by atoms with E-state index in [2.05, 4.69) is 25.8 Å². The van der Waals surface area contributed by atoms with Crippen LogP contribution < -0.4 is 0 Å². The average molecular weight is 243 g/mol. The molecule has 16 heavy (non-hydrogen) atoms. The molecule has 0 saturated heterocycles. The Morgan fingerprint density at radius 3 is 2.62 bits per heavy atom. The van der Waals surface area contributed by atoms with Crippen molar-refractivity contribution >= 4 is 11.3 Å². The first-order valence-electron chi connectivity index (χ1n) is 5.63. The quantitative estimate of drug-likeness (QED) is 0.864. The SMILES string of the molecule is CCOC(C(O)Cc1nccs1)C(C)(C)C. The number of aliphatic hydroxyl groups excluding tert-OH is 1. The second-order valence-electron chi connectivity index (χ2n) is 4.94. The van der Waals surface area contributed by atoms with Crippen molar-refractivity contribution in [2.24, 2.45) is 5.41 Å². The Labute approximate surface area is 101 Å². The molecule has 0 radical (unpaired) electrons. The van der Waals surface area contributed by atoms with Crippen LogP contribution in [0.2, 0.25) is 0 Å². The van der Waals surface area contributed by atoms with Crippen molar-refractivity contribution in [1.29, 1.82) is 0 Å². The topological polar surface area (TPSA) is 42.4 Å². The Kier molecular flexibility index (Phi) is 4.89. The molecule has 0 bridgehead atoms. The third kappa shape index (κ3) is 3.85. The van der Waals surface area contributed by atoms with E-state index >= 15 is 0 Å². The van der Waals surface area contributed by atoms with E-state index in [0.717, 1.165) is 5.01 Å². The van der Waals surface area contributed by atoms with E-state index < -0.39 is 6.10 Å². The highest BCUT2D eigenvalue weighted by atomic mass is 32.1. The van der Waals surface area contributed by atoms with E-state index in [1.165, 1.54) is 0 Å². The summed E-state index contributed by atoms with van der Waals surface area (Å²) in [7, 11) is 0. The maximum Gasteiger partial charge on any atom is 0.0951 e. The van der Waals surface area contributed by atoms with E-state index in [4.69, 9.17) is 4.74 Å². The fourth-order valence-electron chi connectivity index (χ4n) is 1.76. The molecule has 0 spiro atoms. The maximum absolute atomic E-state index is 10.2. The molecule has 0 aliphatic carbocycles. The monoisotopic (exact) mass is 243 g/mol. The van der Waals surface area contributed by atoms with Gasteiger partial charge in [0.1, 0.15) is 0 Å². The molecule has 1 N–H and O–H groups in total. The normalized spacial score (nSPS) is 16.1. The zero-order valence-corrected chi connectivity index (χ0v) is 11.3. The van der Waals surface area contributed by atoms with Crippen LogP contribution in [-0.2, 0) is 11.2 Å². The van der Waals surface area contributed by atoms with E-state index in [1.54, 1.807) is 17.5 Å². The minimum absolute atomic E-state index is 0.0628.